The van der Waals surface area contributed by atoms with Crippen molar-refractivity contribution in [2.24, 2.45) is 5.41 Å². The van der Waals surface area contributed by atoms with Crippen molar-refractivity contribution in [3.05, 3.63) is 16.1 Å². The molecule has 0 saturated carbocycles. The third kappa shape index (κ3) is 3.02. The molecule has 3 heteroatoms. The molecule has 0 aliphatic rings. The van der Waals surface area contributed by atoms with Crippen LogP contribution in [0, 0.1) is 12.3 Å². The van der Waals surface area contributed by atoms with Crippen molar-refractivity contribution < 1.29 is 5.11 Å². The third-order valence-corrected chi connectivity index (χ3v) is 4.56. The van der Waals surface area contributed by atoms with Crippen molar-refractivity contribution in [3.8, 4) is 0 Å². The average Bonchev–Trinajstić information content (AvgIpc) is 2.67. The van der Waals surface area contributed by atoms with Gasteiger partial charge in [-0.3, -0.25) is 0 Å². The van der Waals surface area contributed by atoms with Crippen LogP contribution in [0.2, 0.25) is 0 Å². The fraction of sp³-hybridized carbons (Fsp3) is 0.750. The molecule has 1 N–H and O–H groups in total. The molecule has 15 heavy (non-hydrogen) atoms. The molecule has 0 aliphatic heterocycles. The van der Waals surface area contributed by atoms with Crippen molar-refractivity contribution in [2.45, 2.75) is 46.5 Å². The first-order valence-electron chi connectivity index (χ1n) is 5.67. The van der Waals surface area contributed by atoms with Gasteiger partial charge in [-0.1, -0.05) is 13.8 Å². The van der Waals surface area contributed by atoms with Gasteiger partial charge < -0.3 is 5.11 Å². The maximum absolute atomic E-state index is 9.46. The summed E-state index contributed by atoms with van der Waals surface area (Å²) < 4.78 is 0. The molecule has 0 saturated heterocycles. The molecule has 1 rings (SSSR count). The lowest BCUT2D eigenvalue weighted by atomic mass is 9.79. The molecule has 0 bridgehead atoms. The summed E-state index contributed by atoms with van der Waals surface area (Å²) in [4.78, 5) is 5.62. The van der Waals surface area contributed by atoms with Gasteiger partial charge in [0.25, 0.3) is 0 Å². The number of hydrogen-bond acceptors (Lipinski definition) is 3. The second-order valence-electron chi connectivity index (χ2n) is 4.23. The van der Waals surface area contributed by atoms with Crippen LogP contribution in [0.4, 0.5) is 0 Å². The van der Waals surface area contributed by atoms with Crippen LogP contribution in [-0.2, 0) is 6.42 Å². The van der Waals surface area contributed by atoms with Gasteiger partial charge >= 0.3 is 0 Å². The monoisotopic (exact) mass is 227 g/mol. The van der Waals surface area contributed by atoms with E-state index >= 15 is 0 Å². The summed E-state index contributed by atoms with van der Waals surface area (Å²) in [6.07, 6.45) is 4.23. The number of aryl methyl sites for hydroxylation is 2. The zero-order valence-corrected chi connectivity index (χ0v) is 10.7. The Labute approximate surface area is 96.4 Å². The first kappa shape index (κ1) is 12.7. The SMILES string of the molecule is CCC(CC)(CO)CCc1scnc1C. The Morgan fingerprint density at radius 1 is 1.40 bits per heavy atom. The first-order chi connectivity index (χ1) is 7.17. The summed E-state index contributed by atoms with van der Waals surface area (Å²) in [5.41, 5.74) is 3.18. The van der Waals surface area contributed by atoms with Crippen LogP contribution in [0.15, 0.2) is 5.51 Å². The fourth-order valence-corrected chi connectivity index (χ4v) is 2.63. The molecular formula is C12H21NOS. The fourth-order valence-electron chi connectivity index (χ4n) is 1.85. The summed E-state index contributed by atoms with van der Waals surface area (Å²) in [5.74, 6) is 0. The summed E-state index contributed by atoms with van der Waals surface area (Å²) in [6.45, 7) is 6.70. The van der Waals surface area contributed by atoms with Crippen molar-refractivity contribution in [2.75, 3.05) is 6.61 Å². The van der Waals surface area contributed by atoms with E-state index in [9.17, 15) is 5.11 Å². The molecule has 86 valence electrons. The average molecular weight is 227 g/mol. The second kappa shape index (κ2) is 5.61. The van der Waals surface area contributed by atoms with Crippen molar-refractivity contribution in [3.63, 3.8) is 0 Å². The third-order valence-electron chi connectivity index (χ3n) is 3.56. The Hall–Kier alpha value is -0.410. The predicted molar refractivity (Wildman–Crippen MR) is 65.3 cm³/mol. The largest absolute Gasteiger partial charge is 0.396 e. The van der Waals surface area contributed by atoms with Crippen LogP contribution in [0.5, 0.6) is 0 Å². The normalized spacial score (nSPS) is 12.0. The number of aliphatic hydroxyl groups is 1. The van der Waals surface area contributed by atoms with E-state index in [1.807, 2.05) is 5.51 Å². The Morgan fingerprint density at radius 2 is 2.07 bits per heavy atom. The maximum Gasteiger partial charge on any atom is 0.0797 e. The predicted octanol–water partition coefficient (Wildman–Crippen LogP) is 3.18. The molecule has 0 fully saturated rings. The number of aliphatic hydroxyl groups excluding tert-OH is 1. The smallest absolute Gasteiger partial charge is 0.0797 e. The highest BCUT2D eigenvalue weighted by Gasteiger charge is 2.25. The van der Waals surface area contributed by atoms with Gasteiger partial charge in [-0.15, -0.1) is 11.3 Å². The van der Waals surface area contributed by atoms with E-state index in [0.29, 0.717) is 6.61 Å². The number of nitrogens with zero attached hydrogens (tertiary/aromatic N) is 1. The molecule has 1 aromatic heterocycles. The van der Waals surface area contributed by atoms with E-state index in [2.05, 4.69) is 25.8 Å². The van der Waals surface area contributed by atoms with Gasteiger partial charge in [0.05, 0.1) is 11.2 Å². The zero-order valence-electron chi connectivity index (χ0n) is 9.92. The zero-order chi connectivity index (χ0) is 11.3. The van der Waals surface area contributed by atoms with E-state index in [0.717, 1.165) is 31.4 Å². The van der Waals surface area contributed by atoms with Gasteiger partial charge in [-0.05, 0) is 38.0 Å². The van der Waals surface area contributed by atoms with Crippen LogP contribution in [0.1, 0.15) is 43.7 Å². The van der Waals surface area contributed by atoms with E-state index < -0.39 is 0 Å². The lowest BCUT2D eigenvalue weighted by Gasteiger charge is -2.29. The van der Waals surface area contributed by atoms with E-state index in [4.69, 9.17) is 0 Å². The highest BCUT2D eigenvalue weighted by molar-refractivity contribution is 7.09. The number of thiazole rings is 1. The van der Waals surface area contributed by atoms with E-state index in [1.165, 1.54) is 4.88 Å². The standard InChI is InChI=1S/C12H21NOS/c1-4-12(5-2,8-14)7-6-11-10(3)13-9-15-11/h9,14H,4-8H2,1-3H3. The van der Waals surface area contributed by atoms with Gasteiger partial charge in [-0.25, -0.2) is 4.98 Å². The number of aromatic nitrogens is 1. The minimum absolute atomic E-state index is 0.121. The number of rotatable bonds is 6. The summed E-state index contributed by atoms with van der Waals surface area (Å²) in [6, 6.07) is 0. The molecule has 1 aromatic rings. The van der Waals surface area contributed by atoms with Gasteiger partial charge in [-0.2, -0.15) is 0 Å². The molecular weight excluding hydrogens is 206 g/mol. The lowest BCUT2D eigenvalue weighted by molar-refractivity contribution is 0.106. The number of hydrogen-bond donors (Lipinski definition) is 1. The molecule has 0 atom stereocenters. The molecule has 0 radical (unpaired) electrons. The highest BCUT2D eigenvalue weighted by Crippen LogP contribution is 2.32. The second-order valence-corrected chi connectivity index (χ2v) is 5.17. The Bertz CT molecular complexity index is 283. The lowest BCUT2D eigenvalue weighted by Crippen LogP contribution is -2.24. The molecule has 0 aromatic carbocycles. The molecule has 2 nitrogen and oxygen atoms in total. The molecule has 1 heterocycles. The Morgan fingerprint density at radius 3 is 2.47 bits per heavy atom. The van der Waals surface area contributed by atoms with Gasteiger partial charge in [0, 0.05) is 11.5 Å². The molecule has 0 spiro atoms. The maximum atomic E-state index is 9.46. The van der Waals surface area contributed by atoms with Crippen molar-refractivity contribution in [1.29, 1.82) is 0 Å². The van der Waals surface area contributed by atoms with Crippen molar-refractivity contribution >= 4 is 11.3 Å². The van der Waals surface area contributed by atoms with Gasteiger partial charge in [0.15, 0.2) is 0 Å². The molecule has 0 unspecified atom stereocenters. The minimum atomic E-state index is 0.121. The molecule has 0 amide bonds. The topological polar surface area (TPSA) is 33.1 Å². The van der Waals surface area contributed by atoms with E-state index in [-0.39, 0.29) is 5.41 Å². The highest BCUT2D eigenvalue weighted by atomic mass is 32.1. The van der Waals surface area contributed by atoms with Crippen LogP contribution >= 0.6 is 11.3 Å². The van der Waals surface area contributed by atoms with Crippen LogP contribution in [0.25, 0.3) is 0 Å². The molecule has 0 aliphatic carbocycles. The van der Waals surface area contributed by atoms with Gasteiger partial charge in [0.2, 0.25) is 0 Å². The van der Waals surface area contributed by atoms with Crippen molar-refractivity contribution in [1.82, 2.24) is 4.98 Å². The first-order valence-corrected chi connectivity index (χ1v) is 6.55. The van der Waals surface area contributed by atoms with Gasteiger partial charge in [0.1, 0.15) is 0 Å². The quantitative estimate of drug-likeness (QED) is 0.809. The summed E-state index contributed by atoms with van der Waals surface area (Å²) in [7, 11) is 0. The minimum Gasteiger partial charge on any atom is -0.396 e. The van der Waals surface area contributed by atoms with Crippen LogP contribution in [-0.4, -0.2) is 16.7 Å². The van der Waals surface area contributed by atoms with Crippen LogP contribution in [0.3, 0.4) is 0 Å². The summed E-state index contributed by atoms with van der Waals surface area (Å²) in [5, 5.41) is 9.46. The van der Waals surface area contributed by atoms with Crippen LogP contribution < -0.4 is 0 Å². The Kier molecular flexibility index (Phi) is 4.74. The Balaban J connectivity index is 2.58. The summed E-state index contributed by atoms with van der Waals surface area (Å²) >= 11 is 1.73. The van der Waals surface area contributed by atoms with E-state index in [1.54, 1.807) is 11.3 Å².